The molecule has 3 aromatic heterocycles. The molecule has 0 spiro atoms. The Morgan fingerprint density at radius 1 is 1.00 bits per heavy atom. The first kappa shape index (κ1) is 19.2. The Kier molecular flexibility index (Phi) is 5.44. The van der Waals surface area contributed by atoms with Gasteiger partial charge in [-0.25, -0.2) is 19.3 Å². The summed E-state index contributed by atoms with van der Waals surface area (Å²) in [6.45, 7) is -0.327. The number of thiophene rings is 1. The molecule has 0 atom stereocenters. The second-order valence-corrected chi connectivity index (χ2v) is 6.94. The van der Waals surface area contributed by atoms with E-state index in [9.17, 15) is 14.4 Å². The summed E-state index contributed by atoms with van der Waals surface area (Å²) in [5, 5.41) is 10.9. The maximum Gasteiger partial charge on any atom is 0.442 e. The Bertz CT molecular complexity index is 1220. The summed E-state index contributed by atoms with van der Waals surface area (Å²) < 4.78 is 5.68. The molecule has 0 fully saturated rings. The summed E-state index contributed by atoms with van der Waals surface area (Å²) >= 11 is 1.35. The van der Waals surface area contributed by atoms with Gasteiger partial charge in [0.05, 0.1) is 4.88 Å². The molecule has 4 rings (SSSR count). The van der Waals surface area contributed by atoms with Crippen LogP contribution in [0.2, 0.25) is 0 Å². The van der Waals surface area contributed by atoms with E-state index in [2.05, 4.69) is 30.3 Å². The lowest BCUT2D eigenvalue weighted by atomic mass is 10.2. The van der Waals surface area contributed by atoms with Crippen LogP contribution in [0.15, 0.2) is 69.6 Å². The van der Waals surface area contributed by atoms with Gasteiger partial charge in [-0.2, -0.15) is 0 Å². The van der Waals surface area contributed by atoms with Crippen LogP contribution in [0, 0.1) is 0 Å². The van der Waals surface area contributed by atoms with Gasteiger partial charge in [0.15, 0.2) is 5.82 Å². The monoisotopic (exact) mass is 422 g/mol. The summed E-state index contributed by atoms with van der Waals surface area (Å²) in [5.41, 5.74) is 1.08. The SMILES string of the molecule is O=C(Cn1c(-c2ncccn2)noc1=O)Nc1ccc(NC(=O)c2cccs2)cc1. The topological polar surface area (TPSA) is 132 Å². The Balaban J connectivity index is 1.41. The van der Waals surface area contributed by atoms with E-state index in [1.54, 1.807) is 42.5 Å². The molecule has 150 valence electrons. The number of hydrogen-bond donors (Lipinski definition) is 2. The third-order valence-electron chi connectivity index (χ3n) is 3.93. The molecule has 0 bridgehead atoms. The third-order valence-corrected chi connectivity index (χ3v) is 4.79. The number of anilines is 2. The van der Waals surface area contributed by atoms with E-state index in [-0.39, 0.29) is 24.1 Å². The van der Waals surface area contributed by atoms with Crippen LogP contribution in [0.3, 0.4) is 0 Å². The lowest BCUT2D eigenvalue weighted by Crippen LogP contribution is -2.25. The standard InChI is InChI=1S/C19H14N6O4S/c26-15(11-25-17(24-29-19(25)28)16-20-8-2-9-21-16)22-12-4-6-13(7-5-12)23-18(27)14-3-1-10-30-14/h1-10H,11H2,(H,22,26)(H,23,27). The van der Waals surface area contributed by atoms with Crippen molar-refractivity contribution in [2.24, 2.45) is 0 Å². The van der Waals surface area contributed by atoms with Crippen molar-refractivity contribution in [3.63, 3.8) is 0 Å². The van der Waals surface area contributed by atoms with Gasteiger partial charge in [0.1, 0.15) is 6.54 Å². The normalized spacial score (nSPS) is 10.5. The Morgan fingerprint density at radius 3 is 2.37 bits per heavy atom. The predicted octanol–water partition coefficient (Wildman–Crippen LogP) is 2.25. The minimum absolute atomic E-state index is 0.0578. The number of nitrogens with zero attached hydrogens (tertiary/aromatic N) is 4. The molecule has 1 aromatic carbocycles. The number of rotatable bonds is 6. The second-order valence-electron chi connectivity index (χ2n) is 5.99. The molecule has 0 radical (unpaired) electrons. The quantitative estimate of drug-likeness (QED) is 0.487. The highest BCUT2D eigenvalue weighted by Gasteiger charge is 2.17. The van der Waals surface area contributed by atoms with Crippen molar-refractivity contribution in [2.45, 2.75) is 6.54 Å². The van der Waals surface area contributed by atoms with Crippen LogP contribution in [0.4, 0.5) is 11.4 Å². The number of hydrogen-bond acceptors (Lipinski definition) is 8. The largest absolute Gasteiger partial charge is 0.442 e. The van der Waals surface area contributed by atoms with Crippen molar-refractivity contribution >= 4 is 34.5 Å². The van der Waals surface area contributed by atoms with Crippen LogP contribution >= 0.6 is 11.3 Å². The lowest BCUT2D eigenvalue weighted by Gasteiger charge is -2.08. The molecule has 3 heterocycles. The first-order valence-electron chi connectivity index (χ1n) is 8.69. The van der Waals surface area contributed by atoms with Gasteiger partial charge >= 0.3 is 5.76 Å². The molecule has 10 nitrogen and oxygen atoms in total. The Labute approximate surface area is 173 Å². The molecule has 0 unspecified atom stereocenters. The number of amides is 2. The molecule has 11 heteroatoms. The van der Waals surface area contributed by atoms with Crippen molar-refractivity contribution in [3.8, 4) is 11.6 Å². The van der Waals surface area contributed by atoms with Gasteiger partial charge in [-0.15, -0.1) is 11.3 Å². The van der Waals surface area contributed by atoms with Gasteiger partial charge < -0.3 is 10.6 Å². The molecule has 0 aliphatic carbocycles. The highest BCUT2D eigenvalue weighted by atomic mass is 32.1. The van der Waals surface area contributed by atoms with Crippen LogP contribution in [0.1, 0.15) is 9.67 Å². The lowest BCUT2D eigenvalue weighted by molar-refractivity contribution is -0.116. The van der Waals surface area contributed by atoms with Crippen LogP contribution in [-0.4, -0.2) is 31.5 Å². The van der Waals surface area contributed by atoms with Crippen molar-refractivity contribution in [2.75, 3.05) is 10.6 Å². The summed E-state index contributed by atoms with van der Waals surface area (Å²) in [6, 6.07) is 11.8. The zero-order chi connectivity index (χ0) is 20.9. The van der Waals surface area contributed by atoms with Crippen LogP contribution in [0.5, 0.6) is 0 Å². The fraction of sp³-hybridized carbons (Fsp3) is 0.0526. The van der Waals surface area contributed by atoms with Gasteiger partial charge in [-0.1, -0.05) is 11.2 Å². The fourth-order valence-electron chi connectivity index (χ4n) is 2.56. The van der Waals surface area contributed by atoms with Crippen molar-refractivity contribution < 1.29 is 14.1 Å². The van der Waals surface area contributed by atoms with E-state index < -0.39 is 11.7 Å². The van der Waals surface area contributed by atoms with E-state index in [0.29, 0.717) is 16.3 Å². The Morgan fingerprint density at radius 2 is 1.70 bits per heavy atom. The zero-order valence-corrected chi connectivity index (χ0v) is 16.1. The third kappa shape index (κ3) is 4.31. The molecule has 30 heavy (non-hydrogen) atoms. The second kappa shape index (κ2) is 8.49. The molecular formula is C19H14N6O4S. The maximum absolute atomic E-state index is 12.4. The summed E-state index contributed by atoms with van der Waals surface area (Å²) in [4.78, 5) is 45.0. The van der Waals surface area contributed by atoms with Gasteiger partial charge in [-0.3, -0.25) is 14.1 Å². The number of aromatic nitrogens is 4. The molecule has 2 amide bonds. The van der Waals surface area contributed by atoms with Gasteiger partial charge in [0.25, 0.3) is 5.91 Å². The zero-order valence-electron chi connectivity index (χ0n) is 15.3. The average Bonchev–Trinajstić information content (AvgIpc) is 3.41. The van der Waals surface area contributed by atoms with Gasteiger partial charge in [0.2, 0.25) is 11.7 Å². The fourth-order valence-corrected chi connectivity index (χ4v) is 3.18. The molecule has 2 N–H and O–H groups in total. The predicted molar refractivity (Wildman–Crippen MR) is 109 cm³/mol. The number of nitrogens with one attached hydrogen (secondary N) is 2. The Hall–Kier alpha value is -4.12. The molecule has 4 aromatic rings. The van der Waals surface area contributed by atoms with E-state index in [1.807, 2.05) is 5.38 Å². The van der Waals surface area contributed by atoms with Crippen molar-refractivity contribution in [1.82, 2.24) is 19.7 Å². The van der Waals surface area contributed by atoms with Crippen LogP contribution in [0.25, 0.3) is 11.6 Å². The number of benzene rings is 1. The van der Waals surface area contributed by atoms with E-state index >= 15 is 0 Å². The first-order valence-corrected chi connectivity index (χ1v) is 9.57. The molecule has 0 saturated heterocycles. The van der Waals surface area contributed by atoms with Gasteiger partial charge in [0, 0.05) is 23.8 Å². The first-order chi connectivity index (χ1) is 14.6. The number of carbonyl (C=O) groups is 2. The molecule has 0 aliphatic heterocycles. The van der Waals surface area contributed by atoms with E-state index in [0.717, 1.165) is 4.57 Å². The average molecular weight is 422 g/mol. The minimum atomic E-state index is -0.792. The van der Waals surface area contributed by atoms with Crippen LogP contribution < -0.4 is 16.4 Å². The highest BCUT2D eigenvalue weighted by molar-refractivity contribution is 7.12. The maximum atomic E-state index is 12.4. The number of carbonyl (C=O) groups excluding carboxylic acids is 2. The van der Waals surface area contributed by atoms with Crippen molar-refractivity contribution in [1.29, 1.82) is 0 Å². The summed E-state index contributed by atoms with van der Waals surface area (Å²) in [6.07, 6.45) is 2.98. The van der Waals surface area contributed by atoms with E-state index in [4.69, 9.17) is 0 Å². The summed E-state index contributed by atoms with van der Waals surface area (Å²) in [5.74, 6) is -1.24. The smallest absolute Gasteiger partial charge is 0.325 e. The molecular weight excluding hydrogens is 408 g/mol. The highest BCUT2D eigenvalue weighted by Crippen LogP contribution is 2.17. The van der Waals surface area contributed by atoms with Crippen molar-refractivity contribution in [3.05, 3.63) is 75.7 Å². The van der Waals surface area contributed by atoms with Gasteiger partial charge in [-0.05, 0) is 41.8 Å². The molecule has 0 saturated carbocycles. The van der Waals surface area contributed by atoms with Crippen LogP contribution in [-0.2, 0) is 11.3 Å². The molecule has 0 aliphatic rings. The van der Waals surface area contributed by atoms with E-state index in [1.165, 1.54) is 23.7 Å². The summed E-state index contributed by atoms with van der Waals surface area (Å²) in [7, 11) is 0. The minimum Gasteiger partial charge on any atom is -0.325 e.